The molecule has 1 aliphatic rings. The van der Waals surface area contributed by atoms with Gasteiger partial charge in [-0.05, 0) is 33.9 Å². The molecule has 1 heterocycles. The van der Waals surface area contributed by atoms with Crippen LogP contribution in [0, 0.1) is 5.92 Å². The number of nitrogens with zero attached hydrogens (tertiary/aromatic N) is 3. The van der Waals surface area contributed by atoms with Crippen molar-refractivity contribution in [1.29, 1.82) is 0 Å². The van der Waals surface area contributed by atoms with Gasteiger partial charge in [-0.1, -0.05) is 12.8 Å². The summed E-state index contributed by atoms with van der Waals surface area (Å²) in [5.74, 6) is 0.184. The highest BCUT2D eigenvalue weighted by Gasteiger charge is 2.24. The Morgan fingerprint density at radius 3 is 2.60 bits per heavy atom. The average molecular weight is 349 g/mol. The monoisotopic (exact) mass is 349 g/mol. The van der Waals surface area contributed by atoms with Crippen LogP contribution in [0.25, 0.3) is 0 Å². The molecule has 0 aliphatic heterocycles. The largest absolute Gasteiger partial charge is 0.354 e. The normalized spacial score (nSPS) is 17.5. The Bertz CT molecular complexity index is 578. The lowest BCUT2D eigenvalue weighted by Crippen LogP contribution is -2.41. The van der Waals surface area contributed by atoms with Crippen LogP contribution in [0.3, 0.4) is 0 Å². The topological polar surface area (TPSA) is 79.3 Å². The number of likely N-dealkylation sites (N-methyl/N-ethyl adjacent to an activating group) is 1. The minimum Gasteiger partial charge on any atom is -0.354 e. The van der Waals surface area contributed by atoms with E-state index in [-0.39, 0.29) is 29.8 Å². The fraction of sp³-hybridized carbons (Fsp3) is 0.722. The van der Waals surface area contributed by atoms with Gasteiger partial charge in [0, 0.05) is 43.7 Å². The van der Waals surface area contributed by atoms with Gasteiger partial charge >= 0.3 is 0 Å². The van der Waals surface area contributed by atoms with Crippen molar-refractivity contribution in [3.05, 3.63) is 18.0 Å². The Morgan fingerprint density at radius 1 is 1.36 bits per heavy atom. The van der Waals surface area contributed by atoms with E-state index in [0.29, 0.717) is 13.0 Å². The van der Waals surface area contributed by atoms with Gasteiger partial charge in [0.25, 0.3) is 0 Å². The summed E-state index contributed by atoms with van der Waals surface area (Å²) in [4.78, 5) is 26.4. The number of hydrogen-bond acceptors (Lipinski definition) is 4. The zero-order valence-electron chi connectivity index (χ0n) is 15.8. The molecule has 0 aromatic carbocycles. The predicted octanol–water partition coefficient (Wildman–Crippen LogP) is 1.22. The van der Waals surface area contributed by atoms with Gasteiger partial charge in [0.15, 0.2) is 0 Å². The second-order valence-corrected chi connectivity index (χ2v) is 7.33. The van der Waals surface area contributed by atoms with Crippen LogP contribution < -0.4 is 10.6 Å². The molecule has 1 aliphatic carbocycles. The lowest BCUT2D eigenvalue weighted by Gasteiger charge is -2.24. The summed E-state index contributed by atoms with van der Waals surface area (Å²) in [6.07, 6.45) is 8.29. The molecule has 140 valence electrons. The zero-order chi connectivity index (χ0) is 18.4. The first-order valence-electron chi connectivity index (χ1n) is 9.09. The van der Waals surface area contributed by atoms with E-state index in [0.717, 1.165) is 31.2 Å². The summed E-state index contributed by atoms with van der Waals surface area (Å²) in [7, 11) is 5.84. The molecule has 1 fully saturated rings. The fourth-order valence-corrected chi connectivity index (χ4v) is 3.37. The Hall–Kier alpha value is -1.89. The molecule has 0 radical (unpaired) electrons. The first-order valence-corrected chi connectivity index (χ1v) is 9.09. The quantitative estimate of drug-likeness (QED) is 0.740. The standard InChI is InChI=1S/C18H31N5O2/c1-13(21-18(25)14-7-5-6-8-14)9-17(24)19-11-16(22(2)3)15-10-20-23(4)12-15/h10,12-14,16H,5-9,11H2,1-4H3,(H,19,24)(H,21,25)/t13-,16+/m0/s1. The molecule has 0 unspecified atom stereocenters. The van der Waals surface area contributed by atoms with Crippen LogP contribution in [0.5, 0.6) is 0 Å². The second kappa shape index (κ2) is 8.99. The van der Waals surface area contributed by atoms with E-state index in [4.69, 9.17) is 0 Å². The number of carbonyl (C=O) groups is 2. The van der Waals surface area contributed by atoms with E-state index in [1.165, 1.54) is 0 Å². The molecule has 1 aromatic rings. The Kier molecular flexibility index (Phi) is 6.99. The van der Waals surface area contributed by atoms with Crippen molar-refractivity contribution in [3.8, 4) is 0 Å². The number of nitrogens with one attached hydrogen (secondary N) is 2. The molecule has 1 saturated carbocycles. The van der Waals surface area contributed by atoms with Crippen molar-refractivity contribution in [2.75, 3.05) is 20.6 Å². The first-order chi connectivity index (χ1) is 11.9. The van der Waals surface area contributed by atoms with Crippen LogP contribution in [-0.4, -0.2) is 53.2 Å². The van der Waals surface area contributed by atoms with Crippen LogP contribution >= 0.6 is 0 Å². The Labute approximate surface area is 150 Å². The number of aromatic nitrogens is 2. The third-order valence-electron chi connectivity index (χ3n) is 4.83. The maximum absolute atomic E-state index is 12.2. The summed E-state index contributed by atoms with van der Waals surface area (Å²) in [6, 6.07) is -0.0784. The fourth-order valence-electron chi connectivity index (χ4n) is 3.37. The van der Waals surface area contributed by atoms with Crippen molar-refractivity contribution in [3.63, 3.8) is 0 Å². The molecule has 25 heavy (non-hydrogen) atoms. The van der Waals surface area contributed by atoms with Crippen LogP contribution in [0.4, 0.5) is 0 Å². The molecule has 7 nitrogen and oxygen atoms in total. The molecule has 2 rings (SSSR count). The van der Waals surface area contributed by atoms with Gasteiger partial charge in [0.1, 0.15) is 0 Å². The highest BCUT2D eigenvalue weighted by Crippen LogP contribution is 2.24. The maximum Gasteiger partial charge on any atom is 0.223 e. The second-order valence-electron chi connectivity index (χ2n) is 7.33. The average Bonchev–Trinajstić information content (AvgIpc) is 3.18. The zero-order valence-corrected chi connectivity index (χ0v) is 15.8. The number of aryl methyl sites for hydroxylation is 1. The van der Waals surface area contributed by atoms with Gasteiger partial charge in [-0.25, -0.2) is 0 Å². The third kappa shape index (κ3) is 5.85. The summed E-state index contributed by atoms with van der Waals surface area (Å²) < 4.78 is 1.76. The lowest BCUT2D eigenvalue weighted by molar-refractivity contribution is -0.126. The van der Waals surface area contributed by atoms with Crippen LogP contribution in [0.15, 0.2) is 12.4 Å². The van der Waals surface area contributed by atoms with Crippen LogP contribution in [0.1, 0.15) is 50.6 Å². The predicted molar refractivity (Wildman–Crippen MR) is 96.8 cm³/mol. The third-order valence-corrected chi connectivity index (χ3v) is 4.83. The molecule has 1 aromatic heterocycles. The van der Waals surface area contributed by atoms with Gasteiger partial charge in [-0.15, -0.1) is 0 Å². The minimum absolute atomic E-state index is 0.0463. The van der Waals surface area contributed by atoms with E-state index < -0.39 is 0 Å². The van der Waals surface area contributed by atoms with Crippen molar-refractivity contribution in [1.82, 2.24) is 25.3 Å². The molecule has 2 N–H and O–H groups in total. The number of hydrogen-bond donors (Lipinski definition) is 2. The summed E-state index contributed by atoms with van der Waals surface area (Å²) in [5, 5.41) is 10.1. The smallest absolute Gasteiger partial charge is 0.223 e. The van der Waals surface area contributed by atoms with Gasteiger partial charge in [0.05, 0.1) is 12.2 Å². The molecule has 2 amide bonds. The maximum atomic E-state index is 12.2. The summed E-state index contributed by atoms with van der Waals surface area (Å²) in [6.45, 7) is 2.40. The van der Waals surface area contributed by atoms with Crippen molar-refractivity contribution in [2.24, 2.45) is 13.0 Å². The molecule has 2 atom stereocenters. The van der Waals surface area contributed by atoms with Gasteiger partial charge in [-0.3, -0.25) is 14.3 Å². The lowest BCUT2D eigenvalue weighted by atomic mass is 10.1. The van der Waals surface area contributed by atoms with Crippen molar-refractivity contribution in [2.45, 2.75) is 51.1 Å². The molecule has 0 spiro atoms. The highest BCUT2D eigenvalue weighted by atomic mass is 16.2. The molecule has 0 bridgehead atoms. The van der Waals surface area contributed by atoms with Crippen LogP contribution in [0.2, 0.25) is 0 Å². The summed E-state index contributed by atoms with van der Waals surface area (Å²) >= 11 is 0. The van der Waals surface area contributed by atoms with E-state index in [9.17, 15) is 9.59 Å². The van der Waals surface area contributed by atoms with Gasteiger partial charge in [0.2, 0.25) is 11.8 Å². The van der Waals surface area contributed by atoms with Crippen molar-refractivity contribution < 1.29 is 9.59 Å². The van der Waals surface area contributed by atoms with Gasteiger partial charge < -0.3 is 15.5 Å². The van der Waals surface area contributed by atoms with Crippen molar-refractivity contribution >= 4 is 11.8 Å². The molecular formula is C18H31N5O2. The number of amides is 2. The van der Waals surface area contributed by atoms with Crippen LogP contribution in [-0.2, 0) is 16.6 Å². The molecule has 7 heteroatoms. The van der Waals surface area contributed by atoms with Gasteiger partial charge in [-0.2, -0.15) is 5.10 Å². The Balaban J connectivity index is 1.77. The number of rotatable bonds is 8. The minimum atomic E-state index is -0.149. The summed E-state index contributed by atoms with van der Waals surface area (Å²) in [5.41, 5.74) is 1.07. The highest BCUT2D eigenvalue weighted by molar-refractivity contribution is 5.81. The van der Waals surface area contributed by atoms with E-state index in [1.807, 2.05) is 40.5 Å². The van der Waals surface area contributed by atoms with E-state index >= 15 is 0 Å². The first kappa shape index (κ1) is 19.4. The molecule has 0 saturated heterocycles. The van der Waals surface area contributed by atoms with E-state index in [1.54, 1.807) is 4.68 Å². The Morgan fingerprint density at radius 2 is 2.04 bits per heavy atom. The number of carbonyl (C=O) groups excluding carboxylic acids is 2. The van der Waals surface area contributed by atoms with E-state index in [2.05, 4.69) is 20.6 Å². The SMILES string of the molecule is C[C@@H](CC(=O)NC[C@H](c1cnn(C)c1)N(C)C)NC(=O)C1CCCC1. The molecular weight excluding hydrogens is 318 g/mol.